The van der Waals surface area contributed by atoms with E-state index in [1.54, 1.807) is 0 Å². The molecule has 2 rings (SSSR count). The van der Waals surface area contributed by atoms with Gasteiger partial charge < -0.3 is 10.5 Å². The first kappa shape index (κ1) is 13.9. The van der Waals surface area contributed by atoms with E-state index in [9.17, 15) is 4.79 Å². The molecule has 1 aromatic rings. The SMILES string of the molecule is CC(C)(C)c1cc(CCC(N)=O)cc2c1OC2(C)C. The number of primary amides is 1. The molecule has 1 heterocycles. The van der Waals surface area contributed by atoms with Gasteiger partial charge in [0, 0.05) is 17.5 Å². The van der Waals surface area contributed by atoms with Gasteiger partial charge in [0.25, 0.3) is 0 Å². The third-order valence-corrected chi connectivity index (χ3v) is 3.62. The van der Waals surface area contributed by atoms with Crippen LogP contribution in [0.5, 0.6) is 5.75 Å². The van der Waals surface area contributed by atoms with Gasteiger partial charge >= 0.3 is 0 Å². The van der Waals surface area contributed by atoms with E-state index >= 15 is 0 Å². The minimum atomic E-state index is -0.254. The van der Waals surface area contributed by atoms with E-state index < -0.39 is 0 Å². The number of carbonyl (C=O) groups excluding carboxylic acids is 1. The monoisotopic (exact) mass is 261 g/mol. The summed E-state index contributed by atoms with van der Waals surface area (Å²) in [5.41, 5.74) is 8.66. The Labute approximate surface area is 115 Å². The molecule has 0 atom stereocenters. The molecule has 3 heteroatoms. The van der Waals surface area contributed by atoms with Gasteiger partial charge in [-0.2, -0.15) is 0 Å². The molecular weight excluding hydrogens is 238 g/mol. The number of aryl methyl sites for hydroxylation is 1. The van der Waals surface area contributed by atoms with Crippen LogP contribution in [-0.2, 0) is 22.2 Å². The first-order chi connectivity index (χ1) is 8.61. The molecule has 19 heavy (non-hydrogen) atoms. The number of amides is 1. The van der Waals surface area contributed by atoms with Crippen LogP contribution >= 0.6 is 0 Å². The lowest BCUT2D eigenvalue weighted by Crippen LogP contribution is -2.37. The van der Waals surface area contributed by atoms with Crippen LogP contribution in [0.1, 0.15) is 57.7 Å². The number of nitrogens with two attached hydrogens (primary N) is 1. The maximum atomic E-state index is 10.9. The normalized spacial score (nSPS) is 16.3. The number of hydrogen-bond donors (Lipinski definition) is 1. The number of ether oxygens (including phenoxy) is 1. The summed E-state index contributed by atoms with van der Waals surface area (Å²) >= 11 is 0. The second kappa shape index (κ2) is 4.26. The molecule has 1 amide bonds. The minimum Gasteiger partial charge on any atom is -0.482 e. The van der Waals surface area contributed by atoms with E-state index in [4.69, 9.17) is 10.5 Å². The van der Waals surface area contributed by atoms with Crippen molar-refractivity contribution in [3.05, 3.63) is 28.8 Å². The summed E-state index contributed by atoms with van der Waals surface area (Å²) < 4.78 is 5.92. The Morgan fingerprint density at radius 2 is 1.95 bits per heavy atom. The fourth-order valence-corrected chi connectivity index (χ4v) is 2.48. The van der Waals surface area contributed by atoms with Crippen molar-refractivity contribution in [2.45, 2.75) is 58.5 Å². The van der Waals surface area contributed by atoms with Crippen LogP contribution in [0.25, 0.3) is 0 Å². The van der Waals surface area contributed by atoms with Crippen LogP contribution in [0.3, 0.4) is 0 Å². The van der Waals surface area contributed by atoms with Crippen molar-refractivity contribution in [2.24, 2.45) is 5.73 Å². The zero-order valence-corrected chi connectivity index (χ0v) is 12.5. The van der Waals surface area contributed by atoms with E-state index in [2.05, 4.69) is 46.8 Å². The Morgan fingerprint density at radius 3 is 2.42 bits per heavy atom. The molecule has 1 aromatic carbocycles. The van der Waals surface area contributed by atoms with Crippen LogP contribution in [-0.4, -0.2) is 5.91 Å². The Morgan fingerprint density at radius 1 is 1.32 bits per heavy atom. The molecule has 0 saturated heterocycles. The average molecular weight is 261 g/mol. The molecule has 0 unspecified atom stereocenters. The number of rotatable bonds is 3. The van der Waals surface area contributed by atoms with Crippen molar-refractivity contribution < 1.29 is 9.53 Å². The highest BCUT2D eigenvalue weighted by atomic mass is 16.5. The summed E-state index contributed by atoms with van der Waals surface area (Å²) in [6, 6.07) is 4.30. The van der Waals surface area contributed by atoms with Crippen molar-refractivity contribution in [2.75, 3.05) is 0 Å². The van der Waals surface area contributed by atoms with E-state index in [1.807, 2.05) is 0 Å². The standard InChI is InChI=1S/C16H23NO2/c1-15(2,3)11-8-10(6-7-13(17)18)9-12-14(11)19-16(12,4)5/h8-9H,6-7H2,1-5H3,(H2,17,18). The molecule has 0 bridgehead atoms. The van der Waals surface area contributed by atoms with Crippen molar-refractivity contribution in [1.29, 1.82) is 0 Å². The largest absolute Gasteiger partial charge is 0.482 e. The molecule has 2 N–H and O–H groups in total. The van der Waals surface area contributed by atoms with Gasteiger partial charge in [-0.15, -0.1) is 0 Å². The Balaban J connectivity index is 2.42. The summed E-state index contributed by atoms with van der Waals surface area (Å²) in [5, 5.41) is 0. The van der Waals surface area contributed by atoms with Gasteiger partial charge in [-0.3, -0.25) is 4.79 Å². The molecule has 1 aliphatic heterocycles. The van der Waals surface area contributed by atoms with Gasteiger partial charge in [0.2, 0.25) is 5.91 Å². The number of benzene rings is 1. The van der Waals surface area contributed by atoms with Gasteiger partial charge in [-0.05, 0) is 37.3 Å². The molecule has 0 spiro atoms. The molecule has 0 radical (unpaired) electrons. The van der Waals surface area contributed by atoms with E-state index in [0.717, 1.165) is 5.75 Å². The van der Waals surface area contributed by atoms with Crippen molar-refractivity contribution in [3.63, 3.8) is 0 Å². The predicted octanol–water partition coefficient (Wildman–Crippen LogP) is 3.03. The zero-order chi connectivity index (χ0) is 14.4. The Hall–Kier alpha value is -1.51. The van der Waals surface area contributed by atoms with Crippen molar-refractivity contribution in [1.82, 2.24) is 0 Å². The zero-order valence-electron chi connectivity index (χ0n) is 12.5. The van der Waals surface area contributed by atoms with Crippen LogP contribution in [0.2, 0.25) is 0 Å². The van der Waals surface area contributed by atoms with Crippen LogP contribution < -0.4 is 10.5 Å². The molecule has 0 aromatic heterocycles. The highest BCUT2D eigenvalue weighted by Gasteiger charge is 2.40. The number of hydrogen-bond acceptors (Lipinski definition) is 2. The molecule has 3 nitrogen and oxygen atoms in total. The smallest absolute Gasteiger partial charge is 0.217 e. The van der Waals surface area contributed by atoms with Crippen molar-refractivity contribution >= 4 is 5.91 Å². The van der Waals surface area contributed by atoms with Crippen molar-refractivity contribution in [3.8, 4) is 5.75 Å². The molecule has 0 aliphatic carbocycles. The summed E-state index contributed by atoms with van der Waals surface area (Å²) in [7, 11) is 0. The first-order valence-electron chi connectivity index (χ1n) is 6.76. The molecular formula is C16H23NO2. The third-order valence-electron chi connectivity index (χ3n) is 3.62. The van der Waals surface area contributed by atoms with Gasteiger partial charge in [0.1, 0.15) is 11.4 Å². The molecule has 0 saturated carbocycles. The van der Waals surface area contributed by atoms with E-state index in [-0.39, 0.29) is 16.9 Å². The van der Waals surface area contributed by atoms with Gasteiger partial charge in [-0.1, -0.05) is 26.8 Å². The lowest BCUT2D eigenvalue weighted by molar-refractivity contribution is -0.117. The molecule has 0 fully saturated rings. The maximum absolute atomic E-state index is 10.9. The molecule has 1 aliphatic rings. The lowest BCUT2D eigenvalue weighted by atomic mass is 9.78. The van der Waals surface area contributed by atoms with Crippen LogP contribution in [0, 0.1) is 0 Å². The lowest BCUT2D eigenvalue weighted by Gasteiger charge is -2.42. The first-order valence-corrected chi connectivity index (χ1v) is 6.76. The maximum Gasteiger partial charge on any atom is 0.217 e. The predicted molar refractivity (Wildman–Crippen MR) is 76.3 cm³/mol. The fourth-order valence-electron chi connectivity index (χ4n) is 2.48. The average Bonchev–Trinajstić information content (AvgIpc) is 2.24. The number of carbonyl (C=O) groups is 1. The topological polar surface area (TPSA) is 52.3 Å². The van der Waals surface area contributed by atoms with Gasteiger partial charge in [0.15, 0.2) is 0 Å². The highest BCUT2D eigenvalue weighted by Crippen LogP contribution is 2.49. The molecule has 104 valence electrons. The second-order valence-electron chi connectivity index (χ2n) is 6.85. The second-order valence-corrected chi connectivity index (χ2v) is 6.85. The minimum absolute atomic E-state index is 0.0311. The van der Waals surface area contributed by atoms with Gasteiger partial charge in [0.05, 0.1) is 0 Å². The van der Waals surface area contributed by atoms with E-state index in [0.29, 0.717) is 12.8 Å². The van der Waals surface area contributed by atoms with Gasteiger partial charge in [-0.25, -0.2) is 0 Å². The Bertz CT molecular complexity index is 524. The van der Waals surface area contributed by atoms with Crippen LogP contribution in [0.15, 0.2) is 12.1 Å². The summed E-state index contributed by atoms with van der Waals surface area (Å²) in [5.74, 6) is 0.760. The summed E-state index contributed by atoms with van der Waals surface area (Å²) in [6.07, 6.45) is 1.09. The Kier molecular flexibility index (Phi) is 3.12. The third kappa shape index (κ3) is 2.60. The van der Waals surface area contributed by atoms with Crippen LogP contribution in [0.4, 0.5) is 0 Å². The summed E-state index contributed by atoms with van der Waals surface area (Å²) in [4.78, 5) is 10.9. The highest BCUT2D eigenvalue weighted by molar-refractivity contribution is 5.74. The van der Waals surface area contributed by atoms with E-state index in [1.165, 1.54) is 16.7 Å². The fraction of sp³-hybridized carbons (Fsp3) is 0.562. The quantitative estimate of drug-likeness (QED) is 0.909. The summed E-state index contributed by atoms with van der Waals surface area (Å²) in [6.45, 7) is 10.7. The number of fused-ring (bicyclic) bond motifs is 1.